The highest BCUT2D eigenvalue weighted by Gasteiger charge is 2.29. The third kappa shape index (κ3) is 11.0. The maximum Gasteiger partial charge on any atom is 0.326 e. The number of carboxylic acids is 1. The van der Waals surface area contributed by atoms with Crippen molar-refractivity contribution in [1.82, 2.24) is 16.0 Å². The van der Waals surface area contributed by atoms with Crippen molar-refractivity contribution in [3.05, 3.63) is 0 Å². The largest absolute Gasteiger partial charge is 0.480 e. The quantitative estimate of drug-likeness (QED) is 0.170. The maximum absolute atomic E-state index is 12.5. The highest BCUT2D eigenvalue weighted by molar-refractivity contribution is 7.98. The van der Waals surface area contributed by atoms with E-state index in [9.17, 15) is 24.3 Å². The Bertz CT molecular complexity index is 565. The zero-order chi connectivity index (χ0) is 22.6. The molecule has 0 aromatic rings. The van der Waals surface area contributed by atoms with Gasteiger partial charge in [0, 0.05) is 11.5 Å². The molecule has 9 nitrogen and oxygen atoms in total. The van der Waals surface area contributed by atoms with Crippen LogP contribution in [0.4, 0.5) is 0 Å². The number of thioether (sulfide) groups is 1. The van der Waals surface area contributed by atoms with E-state index in [1.54, 1.807) is 11.8 Å². The average Bonchev–Trinajstić information content (AvgIpc) is 2.66. The van der Waals surface area contributed by atoms with E-state index in [-0.39, 0.29) is 23.8 Å². The number of nitrogens with two attached hydrogens (primary N) is 1. The van der Waals surface area contributed by atoms with E-state index in [2.05, 4.69) is 41.2 Å². The molecule has 4 unspecified atom stereocenters. The van der Waals surface area contributed by atoms with E-state index in [0.29, 0.717) is 12.2 Å². The molecule has 6 N–H and O–H groups in total. The van der Waals surface area contributed by atoms with Crippen molar-refractivity contribution < 1.29 is 24.3 Å². The Morgan fingerprint density at radius 3 is 1.76 bits per heavy atom. The molecule has 168 valence electrons. The Labute approximate surface area is 186 Å². The normalized spacial score (nSPS) is 15.1. The lowest BCUT2D eigenvalue weighted by molar-refractivity contribution is -0.142. The number of carboxylic acid groups (broad SMARTS) is 1. The van der Waals surface area contributed by atoms with Crippen LogP contribution in [0.25, 0.3) is 0 Å². The molecule has 0 rings (SSSR count). The molecule has 0 saturated carbocycles. The second kappa shape index (κ2) is 14.8. The Kier molecular flexibility index (Phi) is 14.2. The molecule has 0 aliphatic carbocycles. The second-order valence-electron chi connectivity index (χ2n) is 6.90. The smallest absolute Gasteiger partial charge is 0.326 e. The fourth-order valence-electron chi connectivity index (χ4n) is 2.28. The fourth-order valence-corrected chi connectivity index (χ4v) is 3.28. The van der Waals surface area contributed by atoms with Gasteiger partial charge in [-0.25, -0.2) is 4.79 Å². The van der Waals surface area contributed by atoms with E-state index in [0.717, 1.165) is 0 Å². The van der Waals surface area contributed by atoms with Gasteiger partial charge in [-0.15, -0.1) is 0 Å². The monoisotopic (exact) mass is 468 g/mol. The van der Waals surface area contributed by atoms with Crippen LogP contribution in [0.3, 0.4) is 0 Å². The molecule has 0 heterocycles. The van der Waals surface area contributed by atoms with Crippen LogP contribution in [0, 0.1) is 5.92 Å². The van der Waals surface area contributed by atoms with Crippen LogP contribution >= 0.6 is 37.0 Å². The molecule has 4 atom stereocenters. The summed E-state index contributed by atoms with van der Waals surface area (Å²) in [7, 11) is 0. The standard InChI is InChI=1S/C17H32N4O5S3/c1-9(2)6-11(17(25)26)19-15(23)13(8-28)21-16(24)12(7-27)20-14(22)10(18)4-5-29-3/h9-13,27-28H,4-8,18H2,1-3H3,(H,19,23)(H,20,22)(H,21,24)(H,25,26). The van der Waals surface area contributed by atoms with Crippen LogP contribution in [-0.2, 0) is 19.2 Å². The third-order valence-electron chi connectivity index (χ3n) is 3.92. The van der Waals surface area contributed by atoms with Gasteiger partial charge in [0.15, 0.2) is 0 Å². The maximum atomic E-state index is 12.5. The number of carbonyl (C=O) groups excluding carboxylic acids is 3. The number of amides is 3. The van der Waals surface area contributed by atoms with Gasteiger partial charge in [-0.3, -0.25) is 14.4 Å². The highest BCUT2D eigenvalue weighted by atomic mass is 32.2. The summed E-state index contributed by atoms with van der Waals surface area (Å²) < 4.78 is 0. The van der Waals surface area contributed by atoms with Crippen molar-refractivity contribution in [1.29, 1.82) is 0 Å². The third-order valence-corrected chi connectivity index (χ3v) is 5.30. The Morgan fingerprint density at radius 2 is 1.38 bits per heavy atom. The lowest BCUT2D eigenvalue weighted by Crippen LogP contribution is -2.58. The first-order valence-corrected chi connectivity index (χ1v) is 11.8. The summed E-state index contributed by atoms with van der Waals surface area (Å²) in [5.74, 6) is -2.23. The van der Waals surface area contributed by atoms with Gasteiger partial charge in [0.2, 0.25) is 17.7 Å². The minimum Gasteiger partial charge on any atom is -0.480 e. The molecule has 0 aliphatic heterocycles. The average molecular weight is 469 g/mol. The van der Waals surface area contributed by atoms with Crippen LogP contribution < -0.4 is 21.7 Å². The van der Waals surface area contributed by atoms with Crippen molar-refractivity contribution in [2.24, 2.45) is 11.7 Å². The van der Waals surface area contributed by atoms with E-state index in [4.69, 9.17) is 5.73 Å². The molecule has 0 radical (unpaired) electrons. The number of aliphatic carboxylic acids is 1. The van der Waals surface area contributed by atoms with Crippen LogP contribution in [0.2, 0.25) is 0 Å². The van der Waals surface area contributed by atoms with E-state index in [1.165, 1.54) is 0 Å². The predicted molar refractivity (Wildman–Crippen MR) is 122 cm³/mol. The van der Waals surface area contributed by atoms with Gasteiger partial charge in [-0.1, -0.05) is 13.8 Å². The molecular weight excluding hydrogens is 436 g/mol. The summed E-state index contributed by atoms with van der Waals surface area (Å²) in [5.41, 5.74) is 5.79. The summed E-state index contributed by atoms with van der Waals surface area (Å²) in [5, 5.41) is 16.7. The number of carbonyl (C=O) groups is 4. The first-order chi connectivity index (χ1) is 13.6. The summed E-state index contributed by atoms with van der Waals surface area (Å²) in [6.07, 6.45) is 2.60. The van der Waals surface area contributed by atoms with Gasteiger partial charge >= 0.3 is 5.97 Å². The summed E-state index contributed by atoms with van der Waals surface area (Å²) >= 11 is 9.69. The van der Waals surface area contributed by atoms with Crippen LogP contribution in [0.5, 0.6) is 0 Å². The lowest BCUT2D eigenvalue weighted by atomic mass is 10.0. The van der Waals surface area contributed by atoms with Crippen LogP contribution in [0.1, 0.15) is 26.7 Å². The molecule has 0 aromatic heterocycles. The molecule has 0 bridgehead atoms. The molecule has 29 heavy (non-hydrogen) atoms. The number of hydrogen-bond donors (Lipinski definition) is 7. The van der Waals surface area contributed by atoms with Crippen LogP contribution in [-0.4, -0.2) is 76.5 Å². The van der Waals surface area contributed by atoms with Crippen molar-refractivity contribution in [3.63, 3.8) is 0 Å². The zero-order valence-electron chi connectivity index (χ0n) is 16.9. The minimum absolute atomic E-state index is 0.00116. The number of rotatable bonds is 14. The topological polar surface area (TPSA) is 151 Å². The van der Waals surface area contributed by atoms with Gasteiger partial charge in [0.1, 0.15) is 18.1 Å². The molecule has 0 fully saturated rings. The van der Waals surface area contributed by atoms with E-state index in [1.807, 2.05) is 20.1 Å². The predicted octanol–water partition coefficient (Wildman–Crippen LogP) is -0.488. The van der Waals surface area contributed by atoms with E-state index < -0.39 is 47.9 Å². The van der Waals surface area contributed by atoms with Crippen molar-refractivity contribution in [2.45, 2.75) is 50.9 Å². The van der Waals surface area contributed by atoms with Gasteiger partial charge in [-0.05, 0) is 30.8 Å². The first-order valence-electron chi connectivity index (χ1n) is 9.17. The number of nitrogens with one attached hydrogen (secondary N) is 3. The fraction of sp³-hybridized carbons (Fsp3) is 0.765. The summed E-state index contributed by atoms with van der Waals surface area (Å²) in [6.45, 7) is 3.67. The Balaban J connectivity index is 4.93. The molecule has 0 spiro atoms. The Hall–Kier alpha value is -1.11. The van der Waals surface area contributed by atoms with Crippen molar-refractivity contribution in [3.8, 4) is 0 Å². The summed E-state index contributed by atoms with van der Waals surface area (Å²) in [6, 6.07) is -3.89. The Morgan fingerprint density at radius 1 is 0.931 bits per heavy atom. The number of thiol groups is 2. The van der Waals surface area contributed by atoms with Gasteiger partial charge in [0.25, 0.3) is 0 Å². The molecule has 3 amide bonds. The molecule has 12 heteroatoms. The van der Waals surface area contributed by atoms with Gasteiger partial charge < -0.3 is 26.8 Å². The zero-order valence-corrected chi connectivity index (χ0v) is 19.5. The van der Waals surface area contributed by atoms with E-state index >= 15 is 0 Å². The van der Waals surface area contributed by atoms with Crippen molar-refractivity contribution >= 4 is 60.7 Å². The van der Waals surface area contributed by atoms with Gasteiger partial charge in [0.05, 0.1) is 6.04 Å². The van der Waals surface area contributed by atoms with Gasteiger partial charge in [-0.2, -0.15) is 37.0 Å². The first kappa shape index (κ1) is 27.9. The molecule has 0 aliphatic rings. The minimum atomic E-state index is -1.16. The molecule has 0 saturated heterocycles. The molecular formula is C17H32N4O5S3. The lowest BCUT2D eigenvalue weighted by Gasteiger charge is -2.24. The summed E-state index contributed by atoms with van der Waals surface area (Å²) in [4.78, 5) is 48.3. The number of hydrogen-bond acceptors (Lipinski definition) is 8. The van der Waals surface area contributed by atoms with Crippen LogP contribution in [0.15, 0.2) is 0 Å². The second-order valence-corrected chi connectivity index (χ2v) is 8.62. The van der Waals surface area contributed by atoms with Crippen molar-refractivity contribution in [2.75, 3.05) is 23.5 Å². The highest BCUT2D eigenvalue weighted by Crippen LogP contribution is 2.06. The SMILES string of the molecule is CSCCC(N)C(=O)NC(CS)C(=O)NC(CS)C(=O)NC(CC(C)C)C(=O)O. The molecule has 0 aromatic carbocycles.